The molecular weight excluding hydrogens is 404 g/mol. The Labute approximate surface area is 165 Å². The first kappa shape index (κ1) is 18.4. The highest BCUT2D eigenvalue weighted by Gasteiger charge is 2.10. The van der Waals surface area contributed by atoms with Gasteiger partial charge in [0.05, 0.1) is 0 Å². The zero-order valence-corrected chi connectivity index (χ0v) is 15.8. The molecule has 0 heterocycles. The summed E-state index contributed by atoms with van der Waals surface area (Å²) in [6, 6.07) is 25.7. The SMILES string of the molecule is N#C/C(=C/c1cccc(Oc2ccccc2)c1)C(=O)Nc1ccc(Br)cc1. The van der Waals surface area contributed by atoms with E-state index in [1.807, 2.05) is 66.7 Å². The van der Waals surface area contributed by atoms with Gasteiger partial charge in [-0.05, 0) is 60.2 Å². The van der Waals surface area contributed by atoms with Crippen LogP contribution >= 0.6 is 15.9 Å². The van der Waals surface area contributed by atoms with Gasteiger partial charge in [0.2, 0.25) is 0 Å². The molecule has 0 spiro atoms. The van der Waals surface area contributed by atoms with Gasteiger partial charge in [0.1, 0.15) is 23.1 Å². The van der Waals surface area contributed by atoms with Crippen molar-refractivity contribution < 1.29 is 9.53 Å². The average molecular weight is 419 g/mol. The Balaban J connectivity index is 1.77. The van der Waals surface area contributed by atoms with Gasteiger partial charge < -0.3 is 10.1 Å². The van der Waals surface area contributed by atoms with E-state index in [0.717, 1.165) is 4.47 Å². The fraction of sp³-hybridized carbons (Fsp3) is 0. The van der Waals surface area contributed by atoms with Crippen molar-refractivity contribution in [2.75, 3.05) is 5.32 Å². The maximum Gasteiger partial charge on any atom is 0.266 e. The van der Waals surface area contributed by atoms with Crippen LogP contribution in [-0.2, 0) is 4.79 Å². The molecule has 5 heteroatoms. The molecule has 0 aliphatic rings. The van der Waals surface area contributed by atoms with Crippen LogP contribution in [-0.4, -0.2) is 5.91 Å². The second-order valence-corrected chi connectivity index (χ2v) is 6.53. The van der Waals surface area contributed by atoms with Crippen LogP contribution in [0, 0.1) is 11.3 Å². The van der Waals surface area contributed by atoms with E-state index in [0.29, 0.717) is 22.7 Å². The van der Waals surface area contributed by atoms with Crippen molar-refractivity contribution in [3.05, 3.63) is 94.5 Å². The van der Waals surface area contributed by atoms with Gasteiger partial charge in [-0.1, -0.05) is 46.3 Å². The summed E-state index contributed by atoms with van der Waals surface area (Å²) in [6.07, 6.45) is 1.53. The average Bonchev–Trinajstić information content (AvgIpc) is 2.69. The van der Waals surface area contributed by atoms with E-state index in [1.54, 1.807) is 18.2 Å². The molecule has 0 radical (unpaired) electrons. The van der Waals surface area contributed by atoms with Crippen LogP contribution in [0.15, 0.2) is 88.9 Å². The van der Waals surface area contributed by atoms with E-state index < -0.39 is 5.91 Å². The molecule has 0 saturated carbocycles. The number of halogens is 1. The number of nitriles is 1. The normalized spacial score (nSPS) is 10.7. The Hall–Kier alpha value is -3.36. The molecule has 1 amide bonds. The van der Waals surface area contributed by atoms with Crippen LogP contribution in [0.5, 0.6) is 11.5 Å². The van der Waals surface area contributed by atoms with Crippen molar-refractivity contribution in [3.8, 4) is 17.6 Å². The van der Waals surface area contributed by atoms with Crippen LogP contribution in [0.4, 0.5) is 5.69 Å². The van der Waals surface area contributed by atoms with E-state index >= 15 is 0 Å². The summed E-state index contributed by atoms with van der Waals surface area (Å²) in [5, 5.41) is 12.1. The second-order valence-electron chi connectivity index (χ2n) is 5.62. The number of anilines is 1. The molecular formula is C22H15BrN2O2. The van der Waals surface area contributed by atoms with E-state index in [2.05, 4.69) is 21.2 Å². The molecule has 0 fully saturated rings. The smallest absolute Gasteiger partial charge is 0.266 e. The molecule has 0 aliphatic heterocycles. The highest BCUT2D eigenvalue weighted by Crippen LogP contribution is 2.23. The molecule has 1 N–H and O–H groups in total. The lowest BCUT2D eigenvalue weighted by atomic mass is 10.1. The third-order valence-corrected chi connectivity index (χ3v) is 4.14. The molecule has 0 bridgehead atoms. The zero-order valence-electron chi connectivity index (χ0n) is 14.2. The molecule has 0 saturated heterocycles. The van der Waals surface area contributed by atoms with Gasteiger partial charge in [0.15, 0.2) is 0 Å². The molecule has 3 aromatic rings. The standard InChI is InChI=1S/C22H15BrN2O2/c23-18-9-11-19(12-10-18)25-22(26)17(15-24)13-16-5-4-8-21(14-16)27-20-6-2-1-3-7-20/h1-14H,(H,25,26)/b17-13-. The van der Waals surface area contributed by atoms with Crippen LogP contribution < -0.4 is 10.1 Å². The van der Waals surface area contributed by atoms with Crippen molar-refractivity contribution in [1.29, 1.82) is 5.26 Å². The Kier molecular flexibility index (Phi) is 6.03. The molecule has 0 aliphatic carbocycles. The number of nitrogens with one attached hydrogen (secondary N) is 1. The van der Waals surface area contributed by atoms with Crippen molar-refractivity contribution in [1.82, 2.24) is 0 Å². The van der Waals surface area contributed by atoms with Gasteiger partial charge in [0, 0.05) is 10.2 Å². The lowest BCUT2D eigenvalue weighted by Gasteiger charge is -2.07. The topological polar surface area (TPSA) is 62.1 Å². The van der Waals surface area contributed by atoms with Gasteiger partial charge in [-0.25, -0.2) is 0 Å². The number of carbonyl (C=O) groups excluding carboxylic acids is 1. The molecule has 27 heavy (non-hydrogen) atoms. The first-order valence-electron chi connectivity index (χ1n) is 8.16. The number of nitrogens with zero attached hydrogens (tertiary/aromatic N) is 1. The molecule has 132 valence electrons. The summed E-state index contributed by atoms with van der Waals surface area (Å²) in [6.45, 7) is 0. The Bertz CT molecular complexity index is 1010. The highest BCUT2D eigenvalue weighted by atomic mass is 79.9. The lowest BCUT2D eigenvalue weighted by molar-refractivity contribution is -0.112. The quantitative estimate of drug-likeness (QED) is 0.421. The molecule has 0 unspecified atom stereocenters. The fourth-order valence-corrected chi connectivity index (χ4v) is 2.60. The minimum Gasteiger partial charge on any atom is -0.457 e. The molecule has 3 rings (SSSR count). The maximum atomic E-state index is 12.4. The minimum atomic E-state index is -0.464. The molecule has 0 aromatic heterocycles. The van der Waals surface area contributed by atoms with Gasteiger partial charge in [-0.2, -0.15) is 5.26 Å². The number of rotatable bonds is 5. The van der Waals surface area contributed by atoms with Gasteiger partial charge in [0.25, 0.3) is 5.91 Å². The van der Waals surface area contributed by atoms with Crippen molar-refractivity contribution in [2.45, 2.75) is 0 Å². The van der Waals surface area contributed by atoms with Crippen molar-refractivity contribution >= 4 is 33.6 Å². The van der Waals surface area contributed by atoms with Gasteiger partial charge in [-0.3, -0.25) is 4.79 Å². The number of hydrogen-bond acceptors (Lipinski definition) is 3. The predicted octanol–water partition coefficient (Wildman–Crippen LogP) is 5.79. The lowest BCUT2D eigenvalue weighted by Crippen LogP contribution is -2.13. The third-order valence-electron chi connectivity index (χ3n) is 3.62. The monoisotopic (exact) mass is 418 g/mol. The minimum absolute atomic E-state index is 0.00906. The summed E-state index contributed by atoms with van der Waals surface area (Å²) in [5.74, 6) is 0.877. The third kappa shape index (κ3) is 5.30. The Morgan fingerprint density at radius 1 is 0.963 bits per heavy atom. The van der Waals surface area contributed by atoms with Crippen LogP contribution in [0.3, 0.4) is 0 Å². The highest BCUT2D eigenvalue weighted by molar-refractivity contribution is 9.10. The van der Waals surface area contributed by atoms with Crippen LogP contribution in [0.25, 0.3) is 6.08 Å². The van der Waals surface area contributed by atoms with Gasteiger partial charge >= 0.3 is 0 Å². The fourth-order valence-electron chi connectivity index (χ4n) is 2.34. The first-order chi connectivity index (χ1) is 13.1. The van der Waals surface area contributed by atoms with Crippen LogP contribution in [0.2, 0.25) is 0 Å². The molecule has 3 aromatic carbocycles. The van der Waals surface area contributed by atoms with Crippen molar-refractivity contribution in [3.63, 3.8) is 0 Å². The summed E-state index contributed by atoms with van der Waals surface area (Å²) in [5.41, 5.74) is 1.33. The number of ether oxygens (including phenoxy) is 1. The predicted molar refractivity (Wildman–Crippen MR) is 109 cm³/mol. The first-order valence-corrected chi connectivity index (χ1v) is 8.95. The van der Waals surface area contributed by atoms with E-state index in [9.17, 15) is 10.1 Å². The van der Waals surface area contributed by atoms with E-state index in [4.69, 9.17) is 4.74 Å². The number of para-hydroxylation sites is 1. The number of carbonyl (C=O) groups is 1. The van der Waals surface area contributed by atoms with Crippen LogP contribution in [0.1, 0.15) is 5.56 Å². The summed E-state index contributed by atoms with van der Waals surface area (Å²) in [4.78, 5) is 12.4. The number of benzene rings is 3. The second kappa shape index (κ2) is 8.84. The zero-order chi connectivity index (χ0) is 19.1. The summed E-state index contributed by atoms with van der Waals surface area (Å²) in [7, 11) is 0. The number of hydrogen-bond donors (Lipinski definition) is 1. The molecule has 0 atom stereocenters. The maximum absolute atomic E-state index is 12.4. The molecule has 4 nitrogen and oxygen atoms in total. The summed E-state index contributed by atoms with van der Waals surface area (Å²) < 4.78 is 6.69. The largest absolute Gasteiger partial charge is 0.457 e. The Morgan fingerprint density at radius 2 is 1.67 bits per heavy atom. The Morgan fingerprint density at radius 3 is 2.37 bits per heavy atom. The van der Waals surface area contributed by atoms with Gasteiger partial charge in [-0.15, -0.1) is 0 Å². The van der Waals surface area contributed by atoms with E-state index in [-0.39, 0.29) is 5.57 Å². The van der Waals surface area contributed by atoms with E-state index in [1.165, 1.54) is 6.08 Å². The number of amides is 1. The van der Waals surface area contributed by atoms with Crippen molar-refractivity contribution in [2.24, 2.45) is 0 Å². The summed E-state index contributed by atoms with van der Waals surface area (Å²) >= 11 is 3.34.